The Morgan fingerprint density at radius 2 is 1.82 bits per heavy atom. The van der Waals surface area contributed by atoms with Crippen LogP contribution in [0.1, 0.15) is 16.1 Å². The zero-order chi connectivity index (χ0) is 20.1. The van der Waals surface area contributed by atoms with Gasteiger partial charge in [-0.1, -0.05) is 6.07 Å². The van der Waals surface area contributed by atoms with Crippen molar-refractivity contribution in [2.24, 2.45) is 0 Å². The molecule has 0 aliphatic carbocycles. The van der Waals surface area contributed by atoms with Gasteiger partial charge in [-0.25, -0.2) is 19.3 Å². The third-order valence-corrected chi connectivity index (χ3v) is 3.54. The number of nitrogens with zero attached hydrogens (tertiary/aromatic N) is 4. The number of halogens is 1. The minimum atomic E-state index is -0.690. The molecule has 0 bridgehead atoms. The van der Waals surface area contributed by atoms with Crippen molar-refractivity contribution in [3.8, 4) is 0 Å². The Morgan fingerprint density at radius 3 is 2.50 bits per heavy atom. The van der Waals surface area contributed by atoms with E-state index in [1.807, 2.05) is 0 Å². The fourth-order valence-electron chi connectivity index (χ4n) is 2.26. The lowest BCUT2D eigenvalue weighted by molar-refractivity contribution is -0.383. The number of benzene rings is 1. The number of aromatic nitrogens is 3. The van der Waals surface area contributed by atoms with E-state index < -0.39 is 22.3 Å². The molecular weight excluding hydrogens is 369 g/mol. The molecule has 3 rings (SSSR count). The van der Waals surface area contributed by atoms with Gasteiger partial charge in [-0.2, -0.15) is 0 Å². The Bertz CT molecular complexity index is 1030. The van der Waals surface area contributed by atoms with Crippen LogP contribution in [0, 0.1) is 22.9 Å². The van der Waals surface area contributed by atoms with E-state index in [1.165, 1.54) is 12.1 Å². The molecule has 2 heterocycles. The Labute approximate surface area is 158 Å². The molecule has 0 saturated carbocycles. The summed E-state index contributed by atoms with van der Waals surface area (Å²) in [6.07, 6.45) is 1.09. The van der Waals surface area contributed by atoms with E-state index in [4.69, 9.17) is 0 Å². The highest BCUT2D eigenvalue weighted by atomic mass is 19.1. The minimum absolute atomic E-state index is 0.100. The Morgan fingerprint density at radius 1 is 1.11 bits per heavy atom. The Balaban J connectivity index is 1.82. The number of hydrogen-bond acceptors (Lipinski definition) is 8. The van der Waals surface area contributed by atoms with Crippen molar-refractivity contribution in [1.29, 1.82) is 0 Å². The molecule has 0 unspecified atom stereocenters. The van der Waals surface area contributed by atoms with E-state index in [9.17, 15) is 19.3 Å². The number of anilines is 3. The first-order chi connectivity index (χ1) is 13.4. The van der Waals surface area contributed by atoms with Gasteiger partial charge >= 0.3 is 5.69 Å². The quantitative estimate of drug-likeness (QED) is 0.437. The number of rotatable bonds is 6. The maximum absolute atomic E-state index is 12.9. The molecule has 0 saturated heterocycles. The first-order valence-corrected chi connectivity index (χ1v) is 7.96. The van der Waals surface area contributed by atoms with Gasteiger partial charge in [0.25, 0.3) is 5.91 Å². The molecule has 0 aliphatic heterocycles. The average Bonchev–Trinajstić information content (AvgIpc) is 2.66. The van der Waals surface area contributed by atoms with Gasteiger partial charge in [0, 0.05) is 11.3 Å². The van der Waals surface area contributed by atoms with Crippen LogP contribution < -0.4 is 16.2 Å². The molecule has 142 valence electrons. The maximum atomic E-state index is 12.9. The van der Waals surface area contributed by atoms with Gasteiger partial charge in [0.15, 0.2) is 0 Å². The van der Waals surface area contributed by atoms with Gasteiger partial charge in [-0.05, 0) is 43.3 Å². The lowest BCUT2D eigenvalue weighted by atomic mass is 10.2. The molecule has 0 spiro atoms. The van der Waals surface area contributed by atoms with Crippen molar-refractivity contribution < 1.29 is 14.1 Å². The average molecular weight is 383 g/mol. The number of carbonyl (C=O) groups excluding carboxylic acids is 1. The van der Waals surface area contributed by atoms with Gasteiger partial charge in [-0.15, -0.1) is 0 Å². The molecule has 2 aromatic heterocycles. The van der Waals surface area contributed by atoms with Gasteiger partial charge in [0.1, 0.15) is 18.0 Å². The highest BCUT2D eigenvalue weighted by molar-refractivity contribution is 5.95. The monoisotopic (exact) mass is 383 g/mol. The molecule has 0 atom stereocenters. The molecule has 1 aromatic carbocycles. The lowest BCUT2D eigenvalue weighted by Gasteiger charge is -2.11. The van der Waals surface area contributed by atoms with Gasteiger partial charge in [0.2, 0.25) is 11.6 Å². The molecule has 0 aliphatic rings. The number of aryl methyl sites for hydroxylation is 1. The third kappa shape index (κ3) is 4.33. The summed E-state index contributed by atoms with van der Waals surface area (Å²) < 4.78 is 12.9. The Hall–Kier alpha value is -4.15. The van der Waals surface area contributed by atoms with Crippen LogP contribution in [0.4, 0.5) is 27.5 Å². The minimum Gasteiger partial charge on any atom is -0.319 e. The predicted octanol–water partition coefficient (Wildman–Crippen LogP) is 2.73. The van der Waals surface area contributed by atoms with Crippen LogP contribution in [0.3, 0.4) is 0 Å². The van der Waals surface area contributed by atoms with Crippen LogP contribution >= 0.6 is 0 Å². The predicted molar refractivity (Wildman–Crippen MR) is 98.4 cm³/mol. The Kier molecular flexibility index (Phi) is 5.35. The standard InChI is InChI=1S/C17H14FN7O3/c1-10-3-2-4-13(21-10)22-15-14(25(27)28)16(20-9-19-15)23-24-17(26)11-5-7-12(18)8-6-11/h2-9H,1H3,(H,24,26)(H2,19,20,21,22,23). The van der Waals surface area contributed by atoms with Crippen LogP contribution in [0.15, 0.2) is 48.8 Å². The molecule has 1 amide bonds. The maximum Gasteiger partial charge on any atom is 0.355 e. The largest absolute Gasteiger partial charge is 0.355 e. The summed E-state index contributed by atoms with van der Waals surface area (Å²) >= 11 is 0. The number of hydrazine groups is 1. The van der Waals surface area contributed by atoms with E-state index in [0.717, 1.165) is 18.5 Å². The summed E-state index contributed by atoms with van der Waals surface area (Å²) in [5.41, 5.74) is 5.07. The third-order valence-electron chi connectivity index (χ3n) is 3.54. The fraction of sp³-hybridized carbons (Fsp3) is 0.0588. The summed E-state index contributed by atoms with van der Waals surface area (Å²) in [6, 6.07) is 9.94. The lowest BCUT2D eigenvalue weighted by Crippen LogP contribution is -2.30. The summed E-state index contributed by atoms with van der Waals surface area (Å²) in [5.74, 6) is -1.08. The van der Waals surface area contributed by atoms with E-state index >= 15 is 0 Å². The SMILES string of the molecule is Cc1cccc(Nc2ncnc(NNC(=O)c3ccc(F)cc3)c2[N+](=O)[O-])n1. The van der Waals surface area contributed by atoms with E-state index in [1.54, 1.807) is 25.1 Å². The second-order valence-corrected chi connectivity index (χ2v) is 5.55. The summed E-state index contributed by atoms with van der Waals surface area (Å²) in [4.78, 5) is 34.8. The van der Waals surface area contributed by atoms with Crippen molar-refractivity contribution in [2.45, 2.75) is 6.92 Å². The first-order valence-electron chi connectivity index (χ1n) is 7.96. The molecule has 11 heteroatoms. The van der Waals surface area contributed by atoms with Crippen LogP contribution in [0.5, 0.6) is 0 Å². The van der Waals surface area contributed by atoms with Crippen molar-refractivity contribution in [2.75, 3.05) is 10.7 Å². The topological polar surface area (TPSA) is 135 Å². The first kappa shape index (κ1) is 18.6. The van der Waals surface area contributed by atoms with Gasteiger partial charge < -0.3 is 5.32 Å². The number of carbonyl (C=O) groups is 1. The molecule has 0 radical (unpaired) electrons. The van der Waals surface area contributed by atoms with Crippen molar-refractivity contribution in [3.63, 3.8) is 0 Å². The van der Waals surface area contributed by atoms with Crippen LogP contribution in [-0.4, -0.2) is 25.8 Å². The zero-order valence-electron chi connectivity index (χ0n) is 14.5. The molecule has 3 N–H and O–H groups in total. The molecule has 10 nitrogen and oxygen atoms in total. The summed E-state index contributed by atoms with van der Waals surface area (Å²) in [6.45, 7) is 1.78. The number of pyridine rings is 1. The van der Waals surface area contributed by atoms with Crippen molar-refractivity contribution in [1.82, 2.24) is 20.4 Å². The number of hydrogen-bond donors (Lipinski definition) is 3. The number of nitro groups is 1. The molecule has 28 heavy (non-hydrogen) atoms. The van der Waals surface area contributed by atoms with Crippen LogP contribution in [0.25, 0.3) is 0 Å². The van der Waals surface area contributed by atoms with Gasteiger partial charge in [0.05, 0.1) is 4.92 Å². The second kappa shape index (κ2) is 8.03. The number of amides is 1. The van der Waals surface area contributed by atoms with E-state index in [0.29, 0.717) is 11.5 Å². The highest BCUT2D eigenvalue weighted by Crippen LogP contribution is 2.30. The zero-order valence-corrected chi connectivity index (χ0v) is 14.5. The molecule has 0 fully saturated rings. The van der Waals surface area contributed by atoms with E-state index in [2.05, 4.69) is 31.1 Å². The van der Waals surface area contributed by atoms with Crippen molar-refractivity contribution in [3.05, 3.63) is 76.0 Å². The fourth-order valence-corrected chi connectivity index (χ4v) is 2.26. The normalized spacial score (nSPS) is 10.2. The molecule has 3 aromatic rings. The second-order valence-electron chi connectivity index (χ2n) is 5.55. The summed E-state index contributed by atoms with van der Waals surface area (Å²) in [7, 11) is 0. The van der Waals surface area contributed by atoms with Gasteiger partial charge in [-0.3, -0.25) is 25.8 Å². The van der Waals surface area contributed by atoms with E-state index in [-0.39, 0.29) is 17.2 Å². The summed E-state index contributed by atoms with van der Waals surface area (Å²) in [5, 5.41) is 14.3. The van der Waals surface area contributed by atoms with Crippen LogP contribution in [0.2, 0.25) is 0 Å². The smallest absolute Gasteiger partial charge is 0.319 e. The number of nitrogens with one attached hydrogen (secondary N) is 3. The highest BCUT2D eigenvalue weighted by Gasteiger charge is 2.24. The van der Waals surface area contributed by atoms with Crippen molar-refractivity contribution >= 4 is 29.0 Å². The van der Waals surface area contributed by atoms with Crippen LogP contribution in [-0.2, 0) is 0 Å². The molecular formula is C17H14FN7O3.